The van der Waals surface area contributed by atoms with Crippen molar-refractivity contribution in [2.75, 3.05) is 17.7 Å². The predicted octanol–water partition coefficient (Wildman–Crippen LogP) is 4.44. The Hall–Kier alpha value is -1.30. The van der Waals surface area contributed by atoms with Gasteiger partial charge in [-0.3, -0.25) is 4.79 Å². The van der Waals surface area contributed by atoms with Crippen LogP contribution in [0.25, 0.3) is 0 Å². The van der Waals surface area contributed by atoms with Crippen molar-refractivity contribution in [3.63, 3.8) is 0 Å². The minimum atomic E-state index is -0.336. The minimum absolute atomic E-state index is 0.277. The first-order chi connectivity index (χ1) is 9.51. The molecule has 0 spiro atoms. The van der Waals surface area contributed by atoms with Gasteiger partial charge in [0.25, 0.3) is 5.91 Å². The van der Waals surface area contributed by atoms with Gasteiger partial charge in [-0.1, -0.05) is 23.2 Å². The van der Waals surface area contributed by atoms with E-state index in [4.69, 9.17) is 23.2 Å². The molecule has 104 valence electrons. The maximum absolute atomic E-state index is 12.3. The number of amides is 1. The maximum atomic E-state index is 12.3. The molecule has 7 heteroatoms. The predicted molar refractivity (Wildman–Crippen MR) is 85.9 cm³/mol. The molecule has 2 rings (SSSR count). The highest BCUT2D eigenvalue weighted by Crippen LogP contribution is 2.27. The zero-order valence-corrected chi connectivity index (χ0v) is 13.5. The van der Waals surface area contributed by atoms with E-state index in [1.807, 2.05) is 0 Å². The monoisotopic (exact) mass is 373 g/mol. The van der Waals surface area contributed by atoms with Crippen molar-refractivity contribution in [1.82, 2.24) is 4.98 Å². The fourth-order valence-corrected chi connectivity index (χ4v) is 2.24. The third-order valence-corrected chi connectivity index (χ3v) is 3.76. The average Bonchev–Trinajstić information content (AvgIpc) is 2.43. The summed E-state index contributed by atoms with van der Waals surface area (Å²) in [5, 5.41) is 6.41. The molecule has 2 aromatic rings. The number of nitrogens with zero attached hydrogens (tertiary/aromatic N) is 1. The molecule has 0 unspecified atom stereocenters. The van der Waals surface area contributed by atoms with Crippen LogP contribution in [0.4, 0.5) is 11.5 Å². The van der Waals surface area contributed by atoms with Crippen LogP contribution in [0.15, 0.2) is 34.9 Å². The number of benzene rings is 1. The van der Waals surface area contributed by atoms with Gasteiger partial charge in [0, 0.05) is 22.7 Å². The molecule has 0 saturated carbocycles. The SMILES string of the molecule is CNc1cc(C(=O)Nc2cc(Cl)ccc2Br)c(Cl)cn1. The van der Waals surface area contributed by atoms with Gasteiger partial charge in [0.15, 0.2) is 0 Å². The van der Waals surface area contributed by atoms with Gasteiger partial charge in [0.2, 0.25) is 0 Å². The second-order valence-electron chi connectivity index (χ2n) is 3.88. The van der Waals surface area contributed by atoms with Gasteiger partial charge in [0.1, 0.15) is 5.82 Å². The van der Waals surface area contributed by atoms with Crippen molar-refractivity contribution in [3.05, 3.63) is 50.5 Å². The van der Waals surface area contributed by atoms with Crippen LogP contribution >= 0.6 is 39.1 Å². The number of aromatic nitrogens is 1. The van der Waals surface area contributed by atoms with Crippen LogP contribution in [0.1, 0.15) is 10.4 Å². The summed E-state index contributed by atoms with van der Waals surface area (Å²) in [6, 6.07) is 6.71. The first-order valence-corrected chi connectivity index (χ1v) is 7.16. The molecule has 1 amide bonds. The van der Waals surface area contributed by atoms with Crippen molar-refractivity contribution in [3.8, 4) is 0 Å². The molecule has 0 fully saturated rings. The van der Waals surface area contributed by atoms with Gasteiger partial charge in [-0.15, -0.1) is 0 Å². The molecule has 0 aliphatic carbocycles. The van der Waals surface area contributed by atoms with E-state index in [1.165, 1.54) is 6.20 Å². The number of pyridine rings is 1. The van der Waals surface area contributed by atoms with Crippen LogP contribution in [0.3, 0.4) is 0 Å². The number of halogens is 3. The van der Waals surface area contributed by atoms with Crippen molar-refractivity contribution in [2.24, 2.45) is 0 Å². The quantitative estimate of drug-likeness (QED) is 0.834. The highest BCUT2D eigenvalue weighted by Gasteiger charge is 2.13. The molecule has 20 heavy (non-hydrogen) atoms. The number of carbonyl (C=O) groups excluding carboxylic acids is 1. The Kier molecular flexibility index (Phi) is 4.86. The zero-order valence-electron chi connectivity index (χ0n) is 10.4. The summed E-state index contributed by atoms with van der Waals surface area (Å²) in [5.41, 5.74) is 0.902. The van der Waals surface area contributed by atoms with Crippen LogP contribution in [0.5, 0.6) is 0 Å². The average molecular weight is 375 g/mol. The second kappa shape index (κ2) is 6.43. The number of carbonyl (C=O) groups is 1. The Labute approximate surface area is 134 Å². The molecule has 1 aromatic carbocycles. The largest absolute Gasteiger partial charge is 0.373 e. The van der Waals surface area contributed by atoms with Gasteiger partial charge in [-0.2, -0.15) is 0 Å². The number of rotatable bonds is 3. The summed E-state index contributed by atoms with van der Waals surface area (Å²) in [7, 11) is 1.71. The molecule has 0 radical (unpaired) electrons. The van der Waals surface area contributed by atoms with Crippen LogP contribution < -0.4 is 10.6 Å². The van der Waals surface area contributed by atoms with E-state index in [9.17, 15) is 4.79 Å². The summed E-state index contributed by atoms with van der Waals surface area (Å²) in [6.45, 7) is 0. The van der Waals surface area contributed by atoms with E-state index in [0.717, 1.165) is 4.47 Å². The topological polar surface area (TPSA) is 54.0 Å². The molecule has 4 nitrogen and oxygen atoms in total. The molecule has 0 bridgehead atoms. The lowest BCUT2D eigenvalue weighted by Crippen LogP contribution is -2.13. The van der Waals surface area contributed by atoms with Gasteiger partial charge in [0.05, 0.1) is 16.3 Å². The molecule has 2 N–H and O–H groups in total. The molecule has 1 heterocycles. The van der Waals surface area contributed by atoms with E-state index in [0.29, 0.717) is 22.1 Å². The van der Waals surface area contributed by atoms with Crippen LogP contribution in [0.2, 0.25) is 10.0 Å². The van der Waals surface area contributed by atoms with Gasteiger partial charge >= 0.3 is 0 Å². The van der Waals surface area contributed by atoms with E-state index in [2.05, 4.69) is 31.5 Å². The lowest BCUT2D eigenvalue weighted by molar-refractivity contribution is 0.102. The van der Waals surface area contributed by atoms with E-state index in [-0.39, 0.29) is 10.9 Å². The molecular formula is C13H10BrCl2N3O. The Morgan fingerprint density at radius 1 is 1.30 bits per heavy atom. The van der Waals surface area contributed by atoms with Crippen molar-refractivity contribution in [2.45, 2.75) is 0 Å². The minimum Gasteiger partial charge on any atom is -0.373 e. The third kappa shape index (κ3) is 3.42. The summed E-state index contributed by atoms with van der Waals surface area (Å²) in [5.74, 6) is 0.224. The van der Waals surface area contributed by atoms with Crippen molar-refractivity contribution < 1.29 is 4.79 Å². The van der Waals surface area contributed by atoms with Crippen molar-refractivity contribution in [1.29, 1.82) is 0 Å². The summed E-state index contributed by atoms with van der Waals surface area (Å²) in [4.78, 5) is 16.3. The third-order valence-electron chi connectivity index (χ3n) is 2.53. The smallest absolute Gasteiger partial charge is 0.257 e. The first kappa shape index (κ1) is 15.1. The van der Waals surface area contributed by atoms with Gasteiger partial charge < -0.3 is 10.6 Å². The Bertz CT molecular complexity index is 664. The fraction of sp³-hybridized carbons (Fsp3) is 0.0769. The fourth-order valence-electron chi connectivity index (χ4n) is 1.53. The number of hydrogen-bond acceptors (Lipinski definition) is 3. The molecular weight excluding hydrogens is 365 g/mol. The maximum Gasteiger partial charge on any atom is 0.257 e. The Morgan fingerprint density at radius 3 is 2.75 bits per heavy atom. The highest BCUT2D eigenvalue weighted by atomic mass is 79.9. The van der Waals surface area contributed by atoms with Crippen LogP contribution in [-0.2, 0) is 0 Å². The van der Waals surface area contributed by atoms with Crippen molar-refractivity contribution >= 4 is 56.5 Å². The van der Waals surface area contributed by atoms with E-state index < -0.39 is 0 Å². The summed E-state index contributed by atoms with van der Waals surface area (Å²) >= 11 is 15.3. The van der Waals surface area contributed by atoms with Gasteiger partial charge in [-0.25, -0.2) is 4.98 Å². The Morgan fingerprint density at radius 2 is 2.05 bits per heavy atom. The lowest BCUT2D eigenvalue weighted by Gasteiger charge is -2.10. The molecule has 0 aliphatic heterocycles. The number of nitrogens with one attached hydrogen (secondary N) is 2. The Balaban J connectivity index is 2.30. The highest BCUT2D eigenvalue weighted by molar-refractivity contribution is 9.10. The summed E-state index contributed by atoms with van der Waals surface area (Å²) < 4.78 is 0.731. The zero-order chi connectivity index (χ0) is 14.7. The second-order valence-corrected chi connectivity index (χ2v) is 5.58. The van der Waals surface area contributed by atoms with Gasteiger partial charge in [-0.05, 0) is 40.2 Å². The molecule has 0 atom stereocenters. The first-order valence-electron chi connectivity index (χ1n) is 5.61. The number of anilines is 2. The summed E-state index contributed by atoms with van der Waals surface area (Å²) in [6.07, 6.45) is 1.43. The molecule has 1 aromatic heterocycles. The van der Waals surface area contributed by atoms with E-state index >= 15 is 0 Å². The molecule has 0 aliphatic rings. The lowest BCUT2D eigenvalue weighted by atomic mass is 10.2. The van der Waals surface area contributed by atoms with Crippen LogP contribution in [0, 0.1) is 0 Å². The van der Waals surface area contributed by atoms with Crippen LogP contribution in [-0.4, -0.2) is 17.9 Å². The molecule has 0 saturated heterocycles. The standard InChI is InChI=1S/C13H10BrCl2N3O/c1-17-12-5-8(10(16)6-18-12)13(20)19-11-4-7(15)2-3-9(11)14/h2-6H,1H3,(H,17,18)(H,19,20). The normalized spacial score (nSPS) is 10.2. The number of hydrogen-bond donors (Lipinski definition) is 2. The van der Waals surface area contributed by atoms with E-state index in [1.54, 1.807) is 31.3 Å².